The highest BCUT2D eigenvalue weighted by atomic mass is 16.4. The minimum absolute atomic E-state index is 0.175. The Morgan fingerprint density at radius 1 is 1.59 bits per heavy atom. The molecule has 1 atom stereocenters. The van der Waals surface area contributed by atoms with E-state index in [1.54, 1.807) is 24.0 Å². The number of aliphatic carboxylic acids is 1. The van der Waals surface area contributed by atoms with Crippen LogP contribution >= 0.6 is 0 Å². The fourth-order valence-corrected chi connectivity index (χ4v) is 1.70. The SMILES string of the molecule is C[C@@H](CN(C(=O)c1ccco1)C1CC1)C(=O)O. The lowest BCUT2D eigenvalue weighted by molar-refractivity contribution is -0.141. The molecule has 5 heteroatoms. The molecular weight excluding hydrogens is 222 g/mol. The molecule has 0 aromatic carbocycles. The molecule has 1 fully saturated rings. The fraction of sp³-hybridized carbons (Fsp3) is 0.500. The number of carbonyl (C=O) groups is 2. The topological polar surface area (TPSA) is 70.8 Å². The summed E-state index contributed by atoms with van der Waals surface area (Å²) in [6.07, 6.45) is 3.33. The van der Waals surface area contributed by atoms with Crippen molar-refractivity contribution in [1.82, 2.24) is 4.90 Å². The van der Waals surface area contributed by atoms with Crippen molar-refractivity contribution in [1.29, 1.82) is 0 Å². The molecule has 0 radical (unpaired) electrons. The molecule has 0 spiro atoms. The van der Waals surface area contributed by atoms with Gasteiger partial charge in [0.1, 0.15) is 0 Å². The number of amides is 1. The number of carboxylic acids is 1. The molecule has 0 bridgehead atoms. The van der Waals surface area contributed by atoms with Crippen LogP contribution in [0, 0.1) is 5.92 Å². The number of hydrogen-bond acceptors (Lipinski definition) is 3. The van der Waals surface area contributed by atoms with Gasteiger partial charge < -0.3 is 14.4 Å². The smallest absolute Gasteiger partial charge is 0.308 e. The van der Waals surface area contributed by atoms with Gasteiger partial charge in [0.2, 0.25) is 0 Å². The molecule has 1 amide bonds. The Labute approximate surface area is 99.0 Å². The normalized spacial score (nSPS) is 16.5. The van der Waals surface area contributed by atoms with E-state index in [2.05, 4.69) is 0 Å². The summed E-state index contributed by atoms with van der Waals surface area (Å²) in [6, 6.07) is 3.43. The highest BCUT2D eigenvalue weighted by Gasteiger charge is 2.35. The molecule has 17 heavy (non-hydrogen) atoms. The molecule has 0 aliphatic heterocycles. The van der Waals surface area contributed by atoms with Gasteiger partial charge in [-0.1, -0.05) is 6.92 Å². The number of hydrogen-bond donors (Lipinski definition) is 1. The van der Waals surface area contributed by atoms with Gasteiger partial charge in [-0.2, -0.15) is 0 Å². The van der Waals surface area contributed by atoms with Crippen molar-refractivity contribution in [3.63, 3.8) is 0 Å². The highest BCUT2D eigenvalue weighted by molar-refractivity contribution is 5.92. The summed E-state index contributed by atoms with van der Waals surface area (Å²) < 4.78 is 5.06. The maximum Gasteiger partial charge on any atom is 0.308 e. The maximum absolute atomic E-state index is 12.1. The zero-order chi connectivity index (χ0) is 12.4. The summed E-state index contributed by atoms with van der Waals surface area (Å²) in [5, 5.41) is 8.88. The van der Waals surface area contributed by atoms with E-state index in [0.717, 1.165) is 12.8 Å². The second kappa shape index (κ2) is 4.61. The Kier molecular flexibility index (Phi) is 3.17. The Bertz CT molecular complexity index is 408. The van der Waals surface area contributed by atoms with E-state index in [1.165, 1.54) is 6.26 Å². The molecule has 1 N–H and O–H groups in total. The van der Waals surface area contributed by atoms with Crippen LogP contribution in [0.3, 0.4) is 0 Å². The minimum atomic E-state index is -0.886. The Morgan fingerprint density at radius 2 is 2.29 bits per heavy atom. The summed E-state index contributed by atoms with van der Waals surface area (Å²) >= 11 is 0. The van der Waals surface area contributed by atoms with Crippen LogP contribution < -0.4 is 0 Å². The van der Waals surface area contributed by atoms with Gasteiger partial charge in [0, 0.05) is 12.6 Å². The molecule has 1 aliphatic carbocycles. The number of nitrogens with zero attached hydrogens (tertiary/aromatic N) is 1. The van der Waals surface area contributed by atoms with Crippen LogP contribution in [0.5, 0.6) is 0 Å². The number of furan rings is 1. The number of carboxylic acid groups (broad SMARTS) is 1. The van der Waals surface area contributed by atoms with Crippen LogP contribution in [0.4, 0.5) is 0 Å². The standard InChI is InChI=1S/C12H15NO4/c1-8(12(15)16)7-13(9-4-5-9)11(14)10-3-2-6-17-10/h2-3,6,8-9H,4-5,7H2,1H3,(H,15,16)/t8-/m0/s1. The molecule has 1 aliphatic rings. The van der Waals surface area contributed by atoms with Gasteiger partial charge in [0.25, 0.3) is 5.91 Å². The lowest BCUT2D eigenvalue weighted by atomic mass is 10.1. The van der Waals surface area contributed by atoms with E-state index in [1.807, 2.05) is 0 Å². The molecule has 1 saturated carbocycles. The van der Waals surface area contributed by atoms with Crippen molar-refractivity contribution in [2.24, 2.45) is 5.92 Å². The quantitative estimate of drug-likeness (QED) is 0.844. The first-order chi connectivity index (χ1) is 8.09. The molecule has 1 aromatic rings. The predicted molar refractivity (Wildman–Crippen MR) is 59.6 cm³/mol. The van der Waals surface area contributed by atoms with Crippen LogP contribution in [0.15, 0.2) is 22.8 Å². The van der Waals surface area contributed by atoms with Crippen molar-refractivity contribution >= 4 is 11.9 Å². The summed E-state index contributed by atoms with van der Waals surface area (Å²) in [5.41, 5.74) is 0. The lowest BCUT2D eigenvalue weighted by Crippen LogP contribution is -2.38. The zero-order valence-electron chi connectivity index (χ0n) is 9.63. The van der Waals surface area contributed by atoms with Crippen LogP contribution in [0.25, 0.3) is 0 Å². The Balaban J connectivity index is 2.07. The highest BCUT2D eigenvalue weighted by Crippen LogP contribution is 2.29. The molecule has 0 unspecified atom stereocenters. The maximum atomic E-state index is 12.1. The molecule has 1 heterocycles. The third kappa shape index (κ3) is 2.67. The Morgan fingerprint density at radius 3 is 2.76 bits per heavy atom. The largest absolute Gasteiger partial charge is 0.481 e. The average Bonchev–Trinajstić information content (AvgIpc) is 2.98. The molecular formula is C12H15NO4. The van der Waals surface area contributed by atoms with Gasteiger partial charge in [0.15, 0.2) is 5.76 Å². The first-order valence-corrected chi connectivity index (χ1v) is 5.67. The second-order valence-corrected chi connectivity index (χ2v) is 4.41. The van der Waals surface area contributed by atoms with Gasteiger partial charge in [-0.25, -0.2) is 0 Å². The van der Waals surface area contributed by atoms with Gasteiger partial charge in [-0.05, 0) is 25.0 Å². The van der Waals surface area contributed by atoms with E-state index in [0.29, 0.717) is 0 Å². The molecule has 1 aromatic heterocycles. The molecule has 0 saturated heterocycles. The average molecular weight is 237 g/mol. The van der Waals surface area contributed by atoms with Crippen LogP contribution in [0.1, 0.15) is 30.3 Å². The zero-order valence-corrected chi connectivity index (χ0v) is 9.63. The summed E-state index contributed by atoms with van der Waals surface area (Å²) in [5.74, 6) is -1.39. The van der Waals surface area contributed by atoms with Crippen molar-refractivity contribution in [2.75, 3.05) is 6.54 Å². The van der Waals surface area contributed by atoms with Gasteiger partial charge in [-0.3, -0.25) is 9.59 Å². The van der Waals surface area contributed by atoms with Crippen LogP contribution in [-0.2, 0) is 4.79 Å². The minimum Gasteiger partial charge on any atom is -0.481 e. The summed E-state index contributed by atoms with van der Waals surface area (Å²) in [6.45, 7) is 1.84. The fourth-order valence-electron chi connectivity index (χ4n) is 1.70. The van der Waals surface area contributed by atoms with Crippen molar-refractivity contribution < 1.29 is 19.1 Å². The van der Waals surface area contributed by atoms with E-state index in [-0.39, 0.29) is 24.3 Å². The molecule has 5 nitrogen and oxygen atoms in total. The van der Waals surface area contributed by atoms with E-state index < -0.39 is 11.9 Å². The van der Waals surface area contributed by atoms with E-state index in [4.69, 9.17) is 9.52 Å². The number of carbonyl (C=O) groups excluding carboxylic acids is 1. The predicted octanol–water partition coefficient (Wildman–Crippen LogP) is 1.60. The van der Waals surface area contributed by atoms with Crippen molar-refractivity contribution in [2.45, 2.75) is 25.8 Å². The third-order valence-corrected chi connectivity index (χ3v) is 2.87. The van der Waals surface area contributed by atoms with Gasteiger partial charge in [-0.15, -0.1) is 0 Å². The lowest BCUT2D eigenvalue weighted by Gasteiger charge is -2.23. The second-order valence-electron chi connectivity index (χ2n) is 4.41. The third-order valence-electron chi connectivity index (χ3n) is 2.87. The molecule has 2 rings (SSSR count). The molecule has 92 valence electrons. The van der Waals surface area contributed by atoms with E-state index in [9.17, 15) is 9.59 Å². The first kappa shape index (κ1) is 11.7. The number of rotatable bonds is 5. The summed E-state index contributed by atoms with van der Waals surface area (Å²) in [4.78, 5) is 24.5. The summed E-state index contributed by atoms with van der Waals surface area (Å²) in [7, 11) is 0. The monoisotopic (exact) mass is 237 g/mol. The van der Waals surface area contributed by atoms with Crippen LogP contribution in [0.2, 0.25) is 0 Å². The first-order valence-electron chi connectivity index (χ1n) is 5.67. The van der Waals surface area contributed by atoms with Crippen LogP contribution in [-0.4, -0.2) is 34.5 Å². The van der Waals surface area contributed by atoms with Gasteiger partial charge in [0.05, 0.1) is 12.2 Å². The van der Waals surface area contributed by atoms with Crippen molar-refractivity contribution in [3.8, 4) is 0 Å². The van der Waals surface area contributed by atoms with E-state index >= 15 is 0 Å². The van der Waals surface area contributed by atoms with Gasteiger partial charge >= 0.3 is 5.97 Å². The van der Waals surface area contributed by atoms with Crippen molar-refractivity contribution in [3.05, 3.63) is 24.2 Å². The Hall–Kier alpha value is -1.78.